The van der Waals surface area contributed by atoms with Crippen LogP contribution in [-0.4, -0.2) is 31.7 Å². The average molecular weight is 355 g/mol. The zero-order valence-corrected chi connectivity index (χ0v) is 14.0. The molecule has 0 aliphatic carbocycles. The van der Waals surface area contributed by atoms with Crippen LogP contribution in [-0.2, 0) is 9.53 Å². The third kappa shape index (κ3) is 5.41. The predicted molar refractivity (Wildman–Crippen MR) is 87.2 cm³/mol. The van der Waals surface area contributed by atoms with Gasteiger partial charge in [-0.15, -0.1) is 0 Å². The van der Waals surface area contributed by atoms with E-state index in [1.165, 1.54) is 0 Å². The van der Waals surface area contributed by atoms with Gasteiger partial charge in [-0.25, -0.2) is 0 Å². The van der Waals surface area contributed by atoms with Crippen molar-refractivity contribution in [2.75, 3.05) is 19.7 Å². The van der Waals surface area contributed by atoms with Gasteiger partial charge < -0.3 is 15.4 Å². The lowest BCUT2D eigenvalue weighted by Crippen LogP contribution is -2.36. The summed E-state index contributed by atoms with van der Waals surface area (Å²) in [6, 6.07) is 8.10. The van der Waals surface area contributed by atoms with Gasteiger partial charge in [0, 0.05) is 4.47 Å². The van der Waals surface area contributed by atoms with E-state index in [0.717, 1.165) is 42.4 Å². The minimum absolute atomic E-state index is 0.0386. The number of benzene rings is 1. The first-order valence-corrected chi connectivity index (χ1v) is 8.35. The molecule has 1 amide bonds. The largest absolute Gasteiger partial charge is 0.368 e. The maximum absolute atomic E-state index is 12.0. The standard InChI is InChI=1S/C16H23BrN2O2/c1-2-15(12-3-5-13(17)6-4-12)19-16(20)11-21-14-7-9-18-10-8-14/h3-6,14-15,18H,2,7-11H2,1H3,(H,19,20). The van der Waals surface area contributed by atoms with Crippen LogP contribution in [0.5, 0.6) is 0 Å². The van der Waals surface area contributed by atoms with Crippen molar-refractivity contribution >= 4 is 21.8 Å². The molecule has 2 rings (SSSR count). The highest BCUT2D eigenvalue weighted by Gasteiger charge is 2.17. The van der Waals surface area contributed by atoms with E-state index >= 15 is 0 Å². The number of halogens is 1. The average Bonchev–Trinajstić information content (AvgIpc) is 2.52. The summed E-state index contributed by atoms with van der Waals surface area (Å²) in [5, 5.41) is 6.33. The summed E-state index contributed by atoms with van der Waals surface area (Å²) in [6.45, 7) is 4.17. The number of amides is 1. The van der Waals surface area contributed by atoms with Crippen LogP contribution in [0.2, 0.25) is 0 Å². The molecule has 0 spiro atoms. The summed E-state index contributed by atoms with van der Waals surface area (Å²) < 4.78 is 6.73. The molecule has 1 aliphatic rings. The molecule has 1 saturated heterocycles. The van der Waals surface area contributed by atoms with Crippen molar-refractivity contribution < 1.29 is 9.53 Å². The van der Waals surface area contributed by atoms with E-state index in [9.17, 15) is 4.79 Å². The number of carbonyl (C=O) groups excluding carboxylic acids is 1. The van der Waals surface area contributed by atoms with Crippen molar-refractivity contribution in [3.8, 4) is 0 Å². The van der Waals surface area contributed by atoms with E-state index in [1.54, 1.807) is 0 Å². The second kappa shape index (κ2) is 8.51. The second-order valence-corrected chi connectivity index (χ2v) is 6.26. The molecule has 21 heavy (non-hydrogen) atoms. The van der Waals surface area contributed by atoms with Gasteiger partial charge in [-0.3, -0.25) is 4.79 Å². The van der Waals surface area contributed by atoms with Gasteiger partial charge in [-0.1, -0.05) is 35.0 Å². The van der Waals surface area contributed by atoms with Gasteiger partial charge in [-0.05, 0) is 50.0 Å². The van der Waals surface area contributed by atoms with E-state index in [-0.39, 0.29) is 24.7 Å². The van der Waals surface area contributed by atoms with Gasteiger partial charge in [0.1, 0.15) is 6.61 Å². The molecular weight excluding hydrogens is 332 g/mol. The summed E-state index contributed by atoms with van der Waals surface area (Å²) in [6.07, 6.45) is 3.04. The molecule has 116 valence electrons. The second-order valence-electron chi connectivity index (χ2n) is 5.34. The molecule has 1 atom stereocenters. The Hall–Kier alpha value is -0.910. The Morgan fingerprint density at radius 3 is 2.67 bits per heavy atom. The van der Waals surface area contributed by atoms with Crippen LogP contribution in [0.25, 0.3) is 0 Å². The molecule has 0 aromatic heterocycles. The lowest BCUT2D eigenvalue weighted by Gasteiger charge is -2.23. The minimum Gasteiger partial charge on any atom is -0.368 e. The zero-order valence-electron chi connectivity index (χ0n) is 12.4. The Labute approximate surface area is 134 Å². The molecule has 5 heteroatoms. The van der Waals surface area contributed by atoms with Gasteiger partial charge in [0.05, 0.1) is 12.1 Å². The molecule has 0 saturated carbocycles. The van der Waals surface area contributed by atoms with Gasteiger partial charge in [-0.2, -0.15) is 0 Å². The maximum Gasteiger partial charge on any atom is 0.246 e. The Morgan fingerprint density at radius 2 is 2.05 bits per heavy atom. The molecule has 4 nitrogen and oxygen atoms in total. The summed E-state index contributed by atoms with van der Waals surface area (Å²) >= 11 is 3.42. The number of carbonyl (C=O) groups is 1. The van der Waals surface area contributed by atoms with Crippen molar-refractivity contribution in [2.24, 2.45) is 0 Å². The molecule has 0 radical (unpaired) electrons. The molecular formula is C16H23BrN2O2. The van der Waals surface area contributed by atoms with Crippen molar-refractivity contribution in [1.29, 1.82) is 0 Å². The van der Waals surface area contributed by atoms with E-state index in [4.69, 9.17) is 4.74 Å². The third-order valence-electron chi connectivity index (χ3n) is 3.75. The van der Waals surface area contributed by atoms with Gasteiger partial charge in [0.2, 0.25) is 5.91 Å². The number of ether oxygens (including phenoxy) is 1. The quantitative estimate of drug-likeness (QED) is 0.825. The molecule has 1 unspecified atom stereocenters. The first-order chi connectivity index (χ1) is 10.2. The van der Waals surface area contributed by atoms with Crippen molar-refractivity contribution in [1.82, 2.24) is 10.6 Å². The molecule has 0 bridgehead atoms. The molecule has 1 aromatic rings. The smallest absolute Gasteiger partial charge is 0.246 e. The molecule has 2 N–H and O–H groups in total. The van der Waals surface area contributed by atoms with Crippen molar-refractivity contribution in [3.63, 3.8) is 0 Å². The third-order valence-corrected chi connectivity index (χ3v) is 4.28. The Kier molecular flexibility index (Phi) is 6.67. The van der Waals surface area contributed by atoms with Crippen molar-refractivity contribution in [2.45, 2.75) is 38.3 Å². The number of piperidine rings is 1. The van der Waals surface area contributed by atoms with Crippen LogP contribution >= 0.6 is 15.9 Å². The first kappa shape index (κ1) is 16.5. The maximum atomic E-state index is 12.0. The van der Waals surface area contributed by atoms with Gasteiger partial charge in [0.15, 0.2) is 0 Å². The zero-order chi connectivity index (χ0) is 15.1. The van der Waals surface area contributed by atoms with Crippen LogP contribution in [0.4, 0.5) is 0 Å². The highest BCUT2D eigenvalue weighted by atomic mass is 79.9. The SMILES string of the molecule is CCC(NC(=O)COC1CCNCC1)c1ccc(Br)cc1. The molecule has 1 heterocycles. The van der Waals surface area contributed by atoms with Gasteiger partial charge in [0.25, 0.3) is 0 Å². The molecule has 1 fully saturated rings. The van der Waals surface area contributed by atoms with Crippen LogP contribution in [0.3, 0.4) is 0 Å². The number of hydrogen-bond acceptors (Lipinski definition) is 3. The van der Waals surface area contributed by atoms with E-state index < -0.39 is 0 Å². The Balaban J connectivity index is 1.80. The van der Waals surface area contributed by atoms with Crippen LogP contribution in [0.1, 0.15) is 37.8 Å². The normalized spacial score (nSPS) is 17.4. The van der Waals surface area contributed by atoms with E-state index in [0.29, 0.717) is 0 Å². The number of nitrogens with one attached hydrogen (secondary N) is 2. The Bertz CT molecular complexity index is 444. The highest BCUT2D eigenvalue weighted by molar-refractivity contribution is 9.10. The van der Waals surface area contributed by atoms with E-state index in [1.807, 2.05) is 24.3 Å². The summed E-state index contributed by atoms with van der Waals surface area (Å²) in [7, 11) is 0. The lowest BCUT2D eigenvalue weighted by molar-refractivity contribution is -0.129. The predicted octanol–water partition coefficient (Wildman–Crippen LogP) is 2.79. The molecule has 1 aliphatic heterocycles. The van der Waals surface area contributed by atoms with Crippen LogP contribution < -0.4 is 10.6 Å². The van der Waals surface area contributed by atoms with E-state index in [2.05, 4.69) is 33.5 Å². The van der Waals surface area contributed by atoms with Crippen molar-refractivity contribution in [3.05, 3.63) is 34.3 Å². The summed E-state index contributed by atoms with van der Waals surface area (Å²) in [5.41, 5.74) is 1.12. The number of hydrogen-bond donors (Lipinski definition) is 2. The van der Waals surface area contributed by atoms with Crippen LogP contribution in [0.15, 0.2) is 28.7 Å². The fourth-order valence-corrected chi connectivity index (χ4v) is 2.77. The topological polar surface area (TPSA) is 50.4 Å². The van der Waals surface area contributed by atoms with Gasteiger partial charge >= 0.3 is 0 Å². The fraction of sp³-hybridized carbons (Fsp3) is 0.562. The minimum atomic E-state index is -0.0386. The number of rotatable bonds is 6. The summed E-state index contributed by atoms with van der Waals surface area (Å²) in [4.78, 5) is 12.0. The lowest BCUT2D eigenvalue weighted by atomic mass is 10.0. The monoisotopic (exact) mass is 354 g/mol. The first-order valence-electron chi connectivity index (χ1n) is 7.56. The fourth-order valence-electron chi connectivity index (χ4n) is 2.51. The highest BCUT2D eigenvalue weighted by Crippen LogP contribution is 2.19. The van der Waals surface area contributed by atoms with Crippen LogP contribution in [0, 0.1) is 0 Å². The Morgan fingerprint density at radius 1 is 1.38 bits per heavy atom. The molecule has 1 aromatic carbocycles. The summed E-state index contributed by atoms with van der Waals surface area (Å²) in [5.74, 6) is -0.0386.